The fraction of sp³-hybridized carbons (Fsp3) is 0.0667. The van der Waals surface area contributed by atoms with Crippen LogP contribution in [-0.4, -0.2) is 17.1 Å². The zero-order valence-corrected chi connectivity index (χ0v) is 11.4. The van der Waals surface area contributed by atoms with Crippen molar-refractivity contribution in [3.05, 3.63) is 60.4 Å². The molecule has 0 spiro atoms. The van der Waals surface area contributed by atoms with Crippen LogP contribution in [-0.2, 0) is 4.79 Å². The minimum absolute atomic E-state index is 0.140. The first-order valence-corrected chi connectivity index (χ1v) is 7.04. The van der Waals surface area contributed by atoms with E-state index in [0.717, 1.165) is 16.1 Å². The van der Waals surface area contributed by atoms with Gasteiger partial charge in [-0.1, -0.05) is 12.1 Å². The van der Waals surface area contributed by atoms with Crippen molar-refractivity contribution in [2.75, 3.05) is 11.6 Å². The van der Waals surface area contributed by atoms with E-state index in [1.54, 1.807) is 30.2 Å². The summed E-state index contributed by atoms with van der Waals surface area (Å²) in [7, 11) is 0. The van der Waals surface area contributed by atoms with Gasteiger partial charge >= 0.3 is 0 Å². The minimum Gasteiger partial charge on any atom is -0.321 e. The highest BCUT2D eigenvalue weighted by Gasteiger charge is 2.02. The summed E-state index contributed by atoms with van der Waals surface area (Å²) >= 11 is 1.60. The summed E-state index contributed by atoms with van der Waals surface area (Å²) in [6.45, 7) is 0. The predicted molar refractivity (Wildman–Crippen MR) is 80.1 cm³/mol. The Hall–Kier alpha value is -2.07. The molecule has 1 aromatic heterocycles. The Morgan fingerprint density at radius 2 is 1.95 bits per heavy atom. The van der Waals surface area contributed by atoms with E-state index in [9.17, 15) is 4.79 Å². The Morgan fingerprint density at radius 1 is 1.21 bits per heavy atom. The highest BCUT2D eigenvalue weighted by atomic mass is 32.2. The van der Waals surface area contributed by atoms with E-state index in [1.807, 2.05) is 42.7 Å². The lowest BCUT2D eigenvalue weighted by atomic mass is 10.2. The van der Waals surface area contributed by atoms with Gasteiger partial charge in [-0.3, -0.25) is 9.78 Å². The number of para-hydroxylation sites is 1. The second-order valence-corrected chi connectivity index (χ2v) is 4.65. The van der Waals surface area contributed by atoms with Gasteiger partial charge < -0.3 is 5.32 Å². The maximum Gasteiger partial charge on any atom is 0.248 e. The molecule has 0 fully saturated rings. The van der Waals surface area contributed by atoms with Crippen molar-refractivity contribution >= 4 is 29.4 Å². The molecule has 1 N–H and O–H groups in total. The number of benzene rings is 1. The lowest BCUT2D eigenvalue weighted by Crippen LogP contribution is -2.08. The van der Waals surface area contributed by atoms with Gasteiger partial charge in [0.05, 0.1) is 5.69 Å². The van der Waals surface area contributed by atoms with Crippen LogP contribution >= 0.6 is 11.8 Å². The molecule has 0 saturated heterocycles. The van der Waals surface area contributed by atoms with Crippen LogP contribution in [0.4, 0.5) is 5.69 Å². The maximum atomic E-state index is 11.8. The molecule has 1 heterocycles. The van der Waals surface area contributed by atoms with Crippen molar-refractivity contribution in [2.45, 2.75) is 4.90 Å². The van der Waals surface area contributed by atoms with E-state index in [4.69, 9.17) is 0 Å². The van der Waals surface area contributed by atoms with Crippen LogP contribution in [0.2, 0.25) is 0 Å². The zero-order valence-electron chi connectivity index (χ0n) is 10.5. The lowest BCUT2D eigenvalue weighted by Gasteiger charge is -2.06. The molecular formula is C15H14N2OS. The number of hydrogen-bond donors (Lipinski definition) is 1. The first-order chi connectivity index (χ1) is 9.29. The third kappa shape index (κ3) is 3.96. The molecule has 4 heteroatoms. The van der Waals surface area contributed by atoms with E-state index in [0.29, 0.717) is 0 Å². The summed E-state index contributed by atoms with van der Waals surface area (Å²) < 4.78 is 0. The van der Waals surface area contributed by atoms with E-state index in [1.165, 1.54) is 6.08 Å². The lowest BCUT2D eigenvalue weighted by molar-refractivity contribution is -0.111. The summed E-state index contributed by atoms with van der Waals surface area (Å²) in [5.41, 5.74) is 1.78. The Bertz CT molecular complexity index is 582. The molecule has 1 aromatic carbocycles. The SMILES string of the molecule is CSc1ccccc1NC(=O)C=Cc1ccncc1. The van der Waals surface area contributed by atoms with Crippen molar-refractivity contribution in [1.29, 1.82) is 0 Å². The van der Waals surface area contributed by atoms with Gasteiger partial charge in [-0.15, -0.1) is 11.8 Å². The monoisotopic (exact) mass is 270 g/mol. The smallest absolute Gasteiger partial charge is 0.248 e. The molecule has 0 atom stereocenters. The largest absolute Gasteiger partial charge is 0.321 e. The first kappa shape index (κ1) is 13.4. The highest BCUT2D eigenvalue weighted by molar-refractivity contribution is 7.98. The number of thioether (sulfide) groups is 1. The van der Waals surface area contributed by atoms with Crippen LogP contribution < -0.4 is 5.32 Å². The van der Waals surface area contributed by atoms with Crippen molar-refractivity contribution in [1.82, 2.24) is 4.98 Å². The van der Waals surface area contributed by atoms with Crippen LogP contribution in [0.1, 0.15) is 5.56 Å². The molecule has 0 unspecified atom stereocenters. The number of aromatic nitrogens is 1. The molecule has 0 aliphatic heterocycles. The molecule has 2 rings (SSSR count). The average Bonchev–Trinajstić information content (AvgIpc) is 2.47. The third-order valence-electron chi connectivity index (χ3n) is 2.50. The van der Waals surface area contributed by atoms with Crippen LogP contribution in [0.15, 0.2) is 59.8 Å². The van der Waals surface area contributed by atoms with Gasteiger partial charge in [-0.25, -0.2) is 0 Å². The van der Waals surface area contributed by atoms with Gasteiger partial charge in [-0.05, 0) is 42.2 Å². The summed E-state index contributed by atoms with van der Waals surface area (Å²) in [5.74, 6) is -0.140. The number of nitrogens with one attached hydrogen (secondary N) is 1. The predicted octanol–water partition coefficient (Wildman–Crippen LogP) is 3.46. The van der Waals surface area contributed by atoms with Crippen LogP contribution in [0.3, 0.4) is 0 Å². The fourth-order valence-electron chi connectivity index (χ4n) is 1.57. The molecule has 0 saturated carbocycles. The first-order valence-electron chi connectivity index (χ1n) is 5.81. The molecule has 0 bridgehead atoms. The molecule has 2 aromatic rings. The summed E-state index contributed by atoms with van der Waals surface area (Å²) in [6, 6.07) is 11.4. The normalized spacial score (nSPS) is 10.6. The number of rotatable bonds is 4. The van der Waals surface area contributed by atoms with Gasteiger partial charge in [0.2, 0.25) is 5.91 Å². The van der Waals surface area contributed by atoms with Gasteiger partial charge in [0.15, 0.2) is 0 Å². The summed E-state index contributed by atoms with van der Waals surface area (Å²) in [4.78, 5) is 16.8. The minimum atomic E-state index is -0.140. The summed E-state index contributed by atoms with van der Waals surface area (Å²) in [5, 5.41) is 2.87. The average molecular weight is 270 g/mol. The van der Waals surface area contributed by atoms with Crippen LogP contribution in [0.25, 0.3) is 6.08 Å². The Morgan fingerprint density at radius 3 is 2.68 bits per heavy atom. The molecule has 1 amide bonds. The number of hydrogen-bond acceptors (Lipinski definition) is 3. The van der Waals surface area contributed by atoms with Gasteiger partial charge in [0.25, 0.3) is 0 Å². The maximum absolute atomic E-state index is 11.8. The third-order valence-corrected chi connectivity index (χ3v) is 3.29. The number of carbonyl (C=O) groups is 1. The molecule has 96 valence electrons. The van der Waals surface area contributed by atoms with Crippen LogP contribution in [0, 0.1) is 0 Å². The number of amides is 1. The van der Waals surface area contributed by atoms with E-state index in [2.05, 4.69) is 10.3 Å². The second-order valence-electron chi connectivity index (χ2n) is 3.80. The van der Waals surface area contributed by atoms with Gasteiger partial charge in [0, 0.05) is 23.4 Å². The molecule has 19 heavy (non-hydrogen) atoms. The number of nitrogens with zero attached hydrogens (tertiary/aromatic N) is 1. The van der Waals surface area contributed by atoms with Crippen molar-refractivity contribution in [3.8, 4) is 0 Å². The number of pyridine rings is 1. The Labute approximate surface area is 116 Å². The van der Waals surface area contributed by atoms with Crippen molar-refractivity contribution in [3.63, 3.8) is 0 Å². The summed E-state index contributed by atoms with van der Waals surface area (Å²) in [6.07, 6.45) is 8.66. The molecular weight excluding hydrogens is 256 g/mol. The molecule has 0 aliphatic rings. The quantitative estimate of drug-likeness (QED) is 0.683. The topological polar surface area (TPSA) is 42.0 Å². The molecule has 0 aliphatic carbocycles. The van der Waals surface area contributed by atoms with Crippen LogP contribution in [0.5, 0.6) is 0 Å². The van der Waals surface area contributed by atoms with E-state index in [-0.39, 0.29) is 5.91 Å². The number of carbonyl (C=O) groups excluding carboxylic acids is 1. The zero-order chi connectivity index (χ0) is 13.5. The molecule has 3 nitrogen and oxygen atoms in total. The fourth-order valence-corrected chi connectivity index (χ4v) is 2.12. The van der Waals surface area contributed by atoms with Gasteiger partial charge in [-0.2, -0.15) is 0 Å². The Kier molecular flexibility index (Phi) is 4.75. The van der Waals surface area contributed by atoms with E-state index < -0.39 is 0 Å². The van der Waals surface area contributed by atoms with Crippen molar-refractivity contribution < 1.29 is 4.79 Å². The Balaban J connectivity index is 2.04. The van der Waals surface area contributed by atoms with Crippen molar-refractivity contribution in [2.24, 2.45) is 0 Å². The molecule has 0 radical (unpaired) electrons. The number of anilines is 1. The van der Waals surface area contributed by atoms with Gasteiger partial charge in [0.1, 0.15) is 0 Å². The standard InChI is InChI=1S/C15H14N2OS/c1-19-14-5-3-2-4-13(14)17-15(18)7-6-12-8-10-16-11-9-12/h2-11H,1H3,(H,17,18). The second kappa shape index (κ2) is 6.75. The highest BCUT2D eigenvalue weighted by Crippen LogP contribution is 2.24. The van der Waals surface area contributed by atoms with E-state index >= 15 is 0 Å².